The third-order valence-electron chi connectivity index (χ3n) is 2.93. The SMILES string of the molecule is CC(C)(CO)CNC(=O)CC1CS(=O)(=O)CCN1. The van der Waals surface area contributed by atoms with Gasteiger partial charge < -0.3 is 15.7 Å². The minimum atomic E-state index is -3.01. The van der Waals surface area contributed by atoms with E-state index in [1.807, 2.05) is 13.8 Å². The van der Waals surface area contributed by atoms with Crippen LogP contribution in [0.2, 0.25) is 0 Å². The number of aliphatic hydroxyl groups is 1. The van der Waals surface area contributed by atoms with Gasteiger partial charge in [0, 0.05) is 37.6 Å². The summed E-state index contributed by atoms with van der Waals surface area (Å²) in [7, 11) is -3.01. The summed E-state index contributed by atoms with van der Waals surface area (Å²) >= 11 is 0. The largest absolute Gasteiger partial charge is 0.396 e. The molecule has 18 heavy (non-hydrogen) atoms. The van der Waals surface area contributed by atoms with Crippen molar-refractivity contribution in [2.24, 2.45) is 5.41 Å². The molecule has 1 fully saturated rings. The van der Waals surface area contributed by atoms with E-state index in [-0.39, 0.29) is 41.9 Å². The average Bonchev–Trinajstić information content (AvgIpc) is 2.25. The van der Waals surface area contributed by atoms with E-state index in [0.717, 1.165) is 0 Å². The summed E-state index contributed by atoms with van der Waals surface area (Å²) in [5.41, 5.74) is -0.359. The number of hydrogen-bond acceptors (Lipinski definition) is 5. The van der Waals surface area contributed by atoms with Gasteiger partial charge in [-0.1, -0.05) is 13.8 Å². The molecule has 0 aliphatic carbocycles. The molecule has 0 aromatic heterocycles. The zero-order chi connectivity index (χ0) is 13.8. The van der Waals surface area contributed by atoms with Crippen LogP contribution in [0.4, 0.5) is 0 Å². The van der Waals surface area contributed by atoms with Crippen molar-refractivity contribution in [1.82, 2.24) is 10.6 Å². The van der Waals surface area contributed by atoms with E-state index >= 15 is 0 Å². The highest BCUT2D eigenvalue weighted by Crippen LogP contribution is 2.11. The second kappa shape index (κ2) is 5.99. The van der Waals surface area contributed by atoms with Crippen molar-refractivity contribution in [2.75, 3.05) is 31.2 Å². The van der Waals surface area contributed by atoms with Crippen molar-refractivity contribution < 1.29 is 18.3 Å². The molecule has 3 N–H and O–H groups in total. The van der Waals surface area contributed by atoms with Crippen LogP contribution in [-0.4, -0.2) is 56.7 Å². The van der Waals surface area contributed by atoms with Gasteiger partial charge in [-0.05, 0) is 0 Å². The highest BCUT2D eigenvalue weighted by molar-refractivity contribution is 7.91. The summed E-state index contributed by atoms with van der Waals surface area (Å²) in [6, 6.07) is -0.305. The number of carbonyl (C=O) groups is 1. The van der Waals surface area contributed by atoms with Crippen LogP contribution in [0.3, 0.4) is 0 Å². The van der Waals surface area contributed by atoms with Gasteiger partial charge in [0.05, 0.1) is 11.5 Å². The molecule has 1 heterocycles. The molecule has 1 aliphatic rings. The van der Waals surface area contributed by atoms with E-state index in [0.29, 0.717) is 13.1 Å². The second-order valence-corrected chi connectivity index (χ2v) is 7.80. The van der Waals surface area contributed by atoms with E-state index in [1.165, 1.54) is 0 Å². The third kappa shape index (κ3) is 5.32. The Kier molecular flexibility index (Phi) is 5.12. The Hall–Kier alpha value is -0.660. The van der Waals surface area contributed by atoms with Crippen LogP contribution in [0.25, 0.3) is 0 Å². The first-order valence-corrected chi connectivity index (χ1v) is 7.88. The highest BCUT2D eigenvalue weighted by Gasteiger charge is 2.26. The average molecular weight is 278 g/mol. The lowest BCUT2D eigenvalue weighted by molar-refractivity contribution is -0.122. The molecule has 106 valence electrons. The Balaban J connectivity index is 2.37. The summed E-state index contributed by atoms with van der Waals surface area (Å²) < 4.78 is 22.8. The van der Waals surface area contributed by atoms with Crippen molar-refractivity contribution >= 4 is 15.7 Å². The third-order valence-corrected chi connectivity index (χ3v) is 4.66. The molecule has 0 radical (unpaired) electrons. The Labute approximate surface area is 108 Å². The van der Waals surface area contributed by atoms with Crippen molar-refractivity contribution in [3.05, 3.63) is 0 Å². The van der Waals surface area contributed by atoms with Gasteiger partial charge in [0.2, 0.25) is 5.91 Å². The quantitative estimate of drug-likeness (QED) is 0.593. The molecule has 1 atom stereocenters. The van der Waals surface area contributed by atoms with Crippen LogP contribution in [-0.2, 0) is 14.6 Å². The first-order chi connectivity index (χ1) is 8.24. The lowest BCUT2D eigenvalue weighted by Gasteiger charge is -2.25. The van der Waals surface area contributed by atoms with Crippen molar-refractivity contribution in [2.45, 2.75) is 26.3 Å². The van der Waals surface area contributed by atoms with Gasteiger partial charge in [0.15, 0.2) is 9.84 Å². The van der Waals surface area contributed by atoms with Gasteiger partial charge in [-0.2, -0.15) is 0 Å². The molecule has 0 bridgehead atoms. The van der Waals surface area contributed by atoms with Crippen LogP contribution in [0.5, 0.6) is 0 Å². The summed E-state index contributed by atoms with van der Waals surface area (Å²) in [6.07, 6.45) is 0.154. The smallest absolute Gasteiger partial charge is 0.221 e. The standard InChI is InChI=1S/C11H22N2O4S/c1-11(2,8-14)7-13-10(15)5-9-6-18(16,17)4-3-12-9/h9,12,14H,3-8H2,1-2H3,(H,13,15). The van der Waals surface area contributed by atoms with Crippen LogP contribution >= 0.6 is 0 Å². The van der Waals surface area contributed by atoms with Crippen LogP contribution < -0.4 is 10.6 Å². The lowest BCUT2D eigenvalue weighted by Crippen LogP contribution is -2.48. The zero-order valence-corrected chi connectivity index (χ0v) is 11.7. The second-order valence-electron chi connectivity index (χ2n) is 5.57. The van der Waals surface area contributed by atoms with Crippen molar-refractivity contribution in [1.29, 1.82) is 0 Å². The first-order valence-electron chi connectivity index (χ1n) is 6.05. The number of aliphatic hydroxyl groups excluding tert-OH is 1. The number of rotatable bonds is 5. The van der Waals surface area contributed by atoms with Crippen molar-refractivity contribution in [3.8, 4) is 0 Å². The maximum absolute atomic E-state index is 11.7. The highest BCUT2D eigenvalue weighted by atomic mass is 32.2. The maximum Gasteiger partial charge on any atom is 0.221 e. The fourth-order valence-corrected chi connectivity index (χ4v) is 3.13. The molecule has 0 aromatic rings. The minimum absolute atomic E-state index is 0.0106. The number of carbonyl (C=O) groups excluding carboxylic acids is 1. The minimum Gasteiger partial charge on any atom is -0.396 e. The fraction of sp³-hybridized carbons (Fsp3) is 0.909. The van der Waals surface area contributed by atoms with Crippen molar-refractivity contribution in [3.63, 3.8) is 0 Å². The molecule has 1 aliphatic heterocycles. The zero-order valence-electron chi connectivity index (χ0n) is 10.9. The van der Waals surface area contributed by atoms with E-state index in [2.05, 4.69) is 10.6 Å². The van der Waals surface area contributed by atoms with Gasteiger partial charge >= 0.3 is 0 Å². The Bertz CT molecular complexity index is 392. The lowest BCUT2D eigenvalue weighted by atomic mass is 9.95. The normalized spacial score (nSPS) is 23.6. The summed E-state index contributed by atoms with van der Waals surface area (Å²) in [5, 5.41) is 14.8. The maximum atomic E-state index is 11.7. The van der Waals surface area contributed by atoms with E-state index < -0.39 is 9.84 Å². The van der Waals surface area contributed by atoms with Gasteiger partial charge in [0.1, 0.15) is 0 Å². The van der Waals surface area contributed by atoms with E-state index in [4.69, 9.17) is 5.11 Å². The Morgan fingerprint density at radius 2 is 2.17 bits per heavy atom. The van der Waals surface area contributed by atoms with Crippen LogP contribution in [0.1, 0.15) is 20.3 Å². The molecule has 0 saturated carbocycles. The van der Waals surface area contributed by atoms with Gasteiger partial charge in [-0.15, -0.1) is 0 Å². The molecule has 1 rings (SSSR count). The van der Waals surface area contributed by atoms with Crippen LogP contribution in [0.15, 0.2) is 0 Å². The number of amides is 1. The molecule has 0 aromatic carbocycles. The molecular weight excluding hydrogens is 256 g/mol. The van der Waals surface area contributed by atoms with Gasteiger partial charge in [0.25, 0.3) is 0 Å². The number of sulfone groups is 1. The van der Waals surface area contributed by atoms with E-state index in [1.54, 1.807) is 0 Å². The van der Waals surface area contributed by atoms with Gasteiger partial charge in [-0.25, -0.2) is 8.42 Å². The summed E-state index contributed by atoms with van der Waals surface area (Å²) in [4.78, 5) is 11.7. The fourth-order valence-electron chi connectivity index (χ4n) is 1.69. The molecule has 7 heteroatoms. The predicted octanol–water partition coefficient (Wildman–Crippen LogP) is -1.10. The monoisotopic (exact) mass is 278 g/mol. The molecular formula is C11H22N2O4S. The first kappa shape index (κ1) is 15.4. The predicted molar refractivity (Wildman–Crippen MR) is 68.9 cm³/mol. The molecule has 1 unspecified atom stereocenters. The molecule has 1 saturated heterocycles. The summed E-state index contributed by atoms with van der Waals surface area (Å²) in [5.74, 6) is -0.0296. The molecule has 6 nitrogen and oxygen atoms in total. The molecule has 0 spiro atoms. The number of nitrogens with one attached hydrogen (secondary N) is 2. The molecule has 1 amide bonds. The number of hydrogen-bond donors (Lipinski definition) is 3. The van der Waals surface area contributed by atoms with Gasteiger partial charge in [-0.3, -0.25) is 4.79 Å². The topological polar surface area (TPSA) is 95.5 Å². The Morgan fingerprint density at radius 3 is 2.72 bits per heavy atom. The summed E-state index contributed by atoms with van der Waals surface area (Å²) in [6.45, 7) is 4.46. The van der Waals surface area contributed by atoms with E-state index in [9.17, 15) is 13.2 Å². The van der Waals surface area contributed by atoms with Crippen LogP contribution in [0, 0.1) is 5.41 Å². The Morgan fingerprint density at radius 1 is 1.50 bits per heavy atom.